The molecule has 144 valence electrons. The molecule has 3 nitrogen and oxygen atoms in total. The zero-order valence-corrected chi connectivity index (χ0v) is 18.6. The fourth-order valence-electron chi connectivity index (χ4n) is 2.66. The van der Waals surface area contributed by atoms with Crippen molar-refractivity contribution < 1.29 is 4.39 Å². The second-order valence-corrected chi connectivity index (χ2v) is 10.3. The summed E-state index contributed by atoms with van der Waals surface area (Å²) in [5.74, 6) is 0.143. The molecular formula is C18H24Cl2FN3S2. The Hall–Kier alpha value is -0.660. The topological polar surface area (TPSA) is 50.4 Å². The third-order valence-electron chi connectivity index (χ3n) is 3.88. The van der Waals surface area contributed by atoms with Gasteiger partial charge in [-0.1, -0.05) is 50.9 Å². The van der Waals surface area contributed by atoms with Gasteiger partial charge in [0.2, 0.25) is 0 Å². The van der Waals surface area contributed by atoms with Gasteiger partial charge < -0.3 is 5.32 Å². The van der Waals surface area contributed by atoms with Crippen LogP contribution in [0.2, 0.25) is 8.67 Å². The Morgan fingerprint density at radius 3 is 2.04 bits per heavy atom. The van der Waals surface area contributed by atoms with Crippen LogP contribution in [0.5, 0.6) is 0 Å². The van der Waals surface area contributed by atoms with Gasteiger partial charge in [0.1, 0.15) is 16.3 Å². The summed E-state index contributed by atoms with van der Waals surface area (Å²) in [4.78, 5) is 0.739. The zero-order chi connectivity index (χ0) is 19.6. The molecule has 0 amide bonds. The van der Waals surface area contributed by atoms with Gasteiger partial charge in [0.15, 0.2) is 0 Å². The van der Waals surface area contributed by atoms with E-state index in [1.807, 2.05) is 34.6 Å². The predicted molar refractivity (Wildman–Crippen MR) is 114 cm³/mol. The van der Waals surface area contributed by atoms with Crippen LogP contribution in [0.15, 0.2) is 27.5 Å². The molecule has 2 unspecified atom stereocenters. The molecule has 0 radical (unpaired) electrons. The lowest BCUT2D eigenvalue weighted by molar-refractivity contribution is 0.618. The van der Waals surface area contributed by atoms with Gasteiger partial charge in [-0.2, -0.15) is 0 Å². The lowest BCUT2D eigenvalue weighted by Gasteiger charge is -2.23. The molecule has 2 atom stereocenters. The standard InChI is InChI=1S/C18H24Cl2FN3S2/c1-9(2)13-6-12(21)7-14(10(3)4)17(13)23-11(5)24-26(22)15-8-16(19)25-18(15)20/h6-11,23H,1-5H3,(H2,22,24). The number of hydrogen-bond acceptors (Lipinski definition) is 3. The fraction of sp³-hybridized carbons (Fsp3) is 0.444. The van der Waals surface area contributed by atoms with Gasteiger partial charge in [0.05, 0.1) is 9.23 Å². The van der Waals surface area contributed by atoms with E-state index in [0.29, 0.717) is 8.67 Å². The van der Waals surface area contributed by atoms with Crippen molar-refractivity contribution in [2.45, 2.75) is 57.5 Å². The van der Waals surface area contributed by atoms with Crippen molar-refractivity contribution in [2.24, 2.45) is 9.50 Å². The molecule has 26 heavy (non-hydrogen) atoms. The Morgan fingerprint density at radius 2 is 1.62 bits per heavy atom. The zero-order valence-electron chi connectivity index (χ0n) is 15.4. The van der Waals surface area contributed by atoms with Gasteiger partial charge in [-0.3, -0.25) is 5.14 Å². The van der Waals surface area contributed by atoms with E-state index < -0.39 is 10.9 Å². The molecule has 1 heterocycles. The molecule has 1 aromatic carbocycles. The van der Waals surface area contributed by atoms with Crippen molar-refractivity contribution in [1.29, 1.82) is 0 Å². The van der Waals surface area contributed by atoms with Crippen LogP contribution in [0.25, 0.3) is 0 Å². The number of nitrogens with zero attached hydrogens (tertiary/aromatic N) is 1. The molecule has 0 fully saturated rings. The highest BCUT2D eigenvalue weighted by atomic mass is 35.5. The first-order valence-corrected chi connectivity index (χ1v) is 11.2. The smallest absolute Gasteiger partial charge is 0.124 e. The van der Waals surface area contributed by atoms with Gasteiger partial charge >= 0.3 is 0 Å². The Kier molecular flexibility index (Phi) is 7.51. The van der Waals surface area contributed by atoms with E-state index in [1.165, 1.54) is 11.3 Å². The van der Waals surface area contributed by atoms with Gasteiger partial charge in [-0.05, 0) is 48.1 Å². The summed E-state index contributed by atoms with van der Waals surface area (Å²) in [5.41, 5.74) is 2.80. The summed E-state index contributed by atoms with van der Waals surface area (Å²) >= 11 is 13.4. The summed E-state index contributed by atoms with van der Waals surface area (Å²) < 4.78 is 19.8. The number of halogens is 3. The lowest BCUT2D eigenvalue weighted by Crippen LogP contribution is -2.19. The van der Waals surface area contributed by atoms with E-state index in [9.17, 15) is 4.39 Å². The molecule has 0 aliphatic carbocycles. The molecule has 2 rings (SSSR count). The van der Waals surface area contributed by atoms with E-state index in [0.717, 1.165) is 21.7 Å². The van der Waals surface area contributed by atoms with Gasteiger partial charge in [-0.15, -0.1) is 11.3 Å². The second kappa shape index (κ2) is 9.02. The fourth-order valence-corrected chi connectivity index (χ4v) is 5.60. The van der Waals surface area contributed by atoms with E-state index in [-0.39, 0.29) is 23.8 Å². The Balaban J connectivity index is 2.37. The summed E-state index contributed by atoms with van der Waals surface area (Å²) in [5, 5.41) is 9.63. The monoisotopic (exact) mass is 435 g/mol. The minimum atomic E-state index is -0.884. The molecule has 2 aromatic rings. The van der Waals surface area contributed by atoms with Crippen molar-refractivity contribution in [3.05, 3.63) is 43.8 Å². The highest BCUT2D eigenvalue weighted by molar-refractivity contribution is 7.85. The van der Waals surface area contributed by atoms with Crippen LogP contribution in [-0.2, 0) is 10.9 Å². The quantitative estimate of drug-likeness (QED) is 0.516. The number of anilines is 1. The third-order valence-corrected chi connectivity index (χ3v) is 6.93. The van der Waals surface area contributed by atoms with E-state index in [1.54, 1.807) is 18.2 Å². The van der Waals surface area contributed by atoms with Crippen LogP contribution < -0.4 is 10.5 Å². The van der Waals surface area contributed by atoms with Crippen LogP contribution in [0.1, 0.15) is 57.6 Å². The van der Waals surface area contributed by atoms with Crippen molar-refractivity contribution in [3.8, 4) is 0 Å². The first kappa shape index (κ1) is 21.6. The first-order valence-electron chi connectivity index (χ1n) is 8.34. The van der Waals surface area contributed by atoms with Crippen LogP contribution in [0.4, 0.5) is 10.1 Å². The Labute approximate surface area is 171 Å². The molecule has 0 aliphatic heterocycles. The van der Waals surface area contributed by atoms with Crippen molar-refractivity contribution in [1.82, 2.24) is 0 Å². The average molecular weight is 436 g/mol. The summed E-state index contributed by atoms with van der Waals surface area (Å²) in [6, 6.07) is 4.93. The minimum Gasteiger partial charge on any atom is -0.363 e. The molecule has 1 aromatic heterocycles. The number of nitrogens with one attached hydrogen (secondary N) is 1. The van der Waals surface area contributed by atoms with E-state index >= 15 is 0 Å². The molecule has 0 saturated carbocycles. The van der Waals surface area contributed by atoms with Crippen molar-refractivity contribution >= 4 is 51.1 Å². The lowest BCUT2D eigenvalue weighted by atomic mass is 9.92. The number of benzene rings is 1. The van der Waals surface area contributed by atoms with Crippen LogP contribution in [-0.4, -0.2) is 6.17 Å². The average Bonchev–Trinajstić information content (AvgIpc) is 2.86. The first-order chi connectivity index (χ1) is 12.1. The van der Waals surface area contributed by atoms with Crippen molar-refractivity contribution in [2.75, 3.05) is 5.32 Å². The van der Waals surface area contributed by atoms with E-state index in [4.69, 9.17) is 28.3 Å². The number of rotatable bonds is 6. The van der Waals surface area contributed by atoms with Gasteiger partial charge in [-0.25, -0.2) is 8.75 Å². The summed E-state index contributed by atoms with van der Waals surface area (Å²) in [6.07, 6.45) is -0.265. The minimum absolute atomic E-state index is 0.180. The maximum Gasteiger partial charge on any atom is 0.124 e. The Morgan fingerprint density at radius 1 is 1.08 bits per heavy atom. The molecule has 3 N–H and O–H groups in total. The molecule has 0 spiro atoms. The van der Waals surface area contributed by atoms with Crippen LogP contribution >= 0.6 is 34.5 Å². The second-order valence-electron chi connectivity index (χ2n) is 6.70. The number of hydrogen-bond donors (Lipinski definition) is 2. The van der Waals surface area contributed by atoms with Crippen LogP contribution in [0.3, 0.4) is 0 Å². The summed E-state index contributed by atoms with van der Waals surface area (Å²) in [7, 11) is -0.884. The number of thiophene rings is 1. The molecule has 0 bridgehead atoms. The predicted octanol–water partition coefficient (Wildman–Crippen LogP) is 6.93. The van der Waals surface area contributed by atoms with Crippen LogP contribution in [0, 0.1) is 5.82 Å². The van der Waals surface area contributed by atoms with Crippen molar-refractivity contribution in [3.63, 3.8) is 0 Å². The molecule has 8 heteroatoms. The maximum absolute atomic E-state index is 14.0. The molecule has 0 saturated heterocycles. The highest BCUT2D eigenvalue weighted by Gasteiger charge is 2.18. The maximum atomic E-state index is 14.0. The molecule has 0 aliphatic rings. The largest absolute Gasteiger partial charge is 0.363 e. The SMILES string of the molecule is CC(N=S(N)c1cc(Cl)sc1Cl)Nc1c(C(C)C)cc(F)cc1C(C)C. The van der Waals surface area contributed by atoms with Gasteiger partial charge in [0.25, 0.3) is 0 Å². The normalized spacial score (nSPS) is 14.3. The Bertz CT molecular complexity index is 790. The number of nitrogens with two attached hydrogens (primary N) is 1. The highest BCUT2D eigenvalue weighted by Crippen LogP contribution is 2.35. The summed E-state index contributed by atoms with van der Waals surface area (Å²) in [6.45, 7) is 10.1. The van der Waals surface area contributed by atoms with Gasteiger partial charge in [0, 0.05) is 16.6 Å². The third kappa shape index (κ3) is 5.20. The van der Waals surface area contributed by atoms with E-state index in [2.05, 4.69) is 9.68 Å². The molecular weight excluding hydrogens is 412 g/mol.